The summed E-state index contributed by atoms with van der Waals surface area (Å²) in [6.45, 7) is 5.05. The summed E-state index contributed by atoms with van der Waals surface area (Å²) in [6.07, 6.45) is -1.48. The third-order valence-corrected chi connectivity index (χ3v) is 3.78. The summed E-state index contributed by atoms with van der Waals surface area (Å²) in [4.78, 5) is 11.3. The van der Waals surface area contributed by atoms with E-state index in [1.54, 1.807) is 13.8 Å². The van der Waals surface area contributed by atoms with Crippen molar-refractivity contribution in [3.63, 3.8) is 0 Å². The highest BCUT2D eigenvalue weighted by Crippen LogP contribution is 2.45. The molecule has 5 atom stereocenters. The molecule has 0 saturated carbocycles. The molecule has 7 nitrogen and oxygen atoms in total. The molecule has 2 N–H and O–H groups in total. The van der Waals surface area contributed by atoms with Gasteiger partial charge in [0.2, 0.25) is 5.91 Å². The van der Waals surface area contributed by atoms with Gasteiger partial charge in [-0.25, -0.2) is 0 Å². The van der Waals surface area contributed by atoms with Crippen LogP contribution in [0.15, 0.2) is 0 Å². The van der Waals surface area contributed by atoms with Gasteiger partial charge in [0.05, 0.1) is 13.2 Å². The van der Waals surface area contributed by atoms with Gasteiger partial charge in [0.1, 0.15) is 23.9 Å². The van der Waals surface area contributed by atoms with Crippen molar-refractivity contribution in [1.82, 2.24) is 5.32 Å². The number of ether oxygens (including phenoxy) is 4. The van der Waals surface area contributed by atoms with Crippen molar-refractivity contribution in [3.05, 3.63) is 0 Å². The van der Waals surface area contributed by atoms with Crippen molar-refractivity contribution in [2.24, 2.45) is 0 Å². The molecular formula is C12H19NO6. The fraction of sp³-hybridized carbons (Fsp3) is 0.917. The van der Waals surface area contributed by atoms with E-state index >= 15 is 0 Å². The molecule has 3 saturated heterocycles. The fourth-order valence-electron chi connectivity index (χ4n) is 3.02. The molecule has 2 bridgehead atoms. The number of fused-ring (bicyclic) bond motifs is 4. The maximum absolute atomic E-state index is 11.3. The van der Waals surface area contributed by atoms with Crippen molar-refractivity contribution in [3.8, 4) is 0 Å². The Balaban J connectivity index is 1.92. The normalized spacial score (nSPS) is 46.9. The second kappa shape index (κ2) is 4.13. The molecule has 3 aliphatic rings. The molecular weight excluding hydrogens is 254 g/mol. The minimum atomic E-state index is -0.905. The van der Waals surface area contributed by atoms with Crippen molar-refractivity contribution >= 4 is 5.91 Å². The highest BCUT2D eigenvalue weighted by molar-refractivity contribution is 5.73. The Morgan fingerprint density at radius 2 is 2.11 bits per heavy atom. The Kier molecular flexibility index (Phi) is 2.88. The lowest BCUT2D eigenvalue weighted by atomic mass is 9.88. The van der Waals surface area contributed by atoms with E-state index in [2.05, 4.69) is 5.32 Å². The van der Waals surface area contributed by atoms with Gasteiger partial charge in [-0.3, -0.25) is 4.79 Å². The number of carbonyl (C=O) groups excluding carboxylic acids is 1. The zero-order chi connectivity index (χ0) is 13.8. The van der Waals surface area contributed by atoms with E-state index in [1.165, 1.54) is 6.92 Å². The molecule has 7 heteroatoms. The Morgan fingerprint density at radius 1 is 1.37 bits per heavy atom. The smallest absolute Gasteiger partial charge is 0.217 e. The number of aliphatic hydroxyl groups is 1. The molecule has 108 valence electrons. The lowest BCUT2D eigenvalue weighted by molar-refractivity contribution is -0.208. The first-order chi connectivity index (χ1) is 8.87. The third-order valence-electron chi connectivity index (χ3n) is 3.78. The summed E-state index contributed by atoms with van der Waals surface area (Å²) in [5, 5.41) is 12.4. The van der Waals surface area contributed by atoms with Crippen molar-refractivity contribution in [2.45, 2.75) is 56.7 Å². The molecule has 19 heavy (non-hydrogen) atoms. The SMILES string of the molecule is CC(=O)N[C@H]1[C@H]2OC[C@@](CO)(O2)[C@@H]2OC(C)(C)O[C@H]12. The fourth-order valence-corrected chi connectivity index (χ4v) is 3.02. The van der Waals surface area contributed by atoms with Crippen LogP contribution in [0.5, 0.6) is 0 Å². The molecule has 0 aromatic rings. The van der Waals surface area contributed by atoms with E-state index in [0.717, 1.165) is 0 Å². The van der Waals surface area contributed by atoms with Crippen LogP contribution in [0.1, 0.15) is 20.8 Å². The number of rotatable bonds is 2. The minimum absolute atomic E-state index is 0.187. The number of amides is 1. The minimum Gasteiger partial charge on any atom is -0.393 e. The number of nitrogens with one attached hydrogen (secondary N) is 1. The zero-order valence-electron chi connectivity index (χ0n) is 11.2. The summed E-state index contributed by atoms with van der Waals surface area (Å²) in [7, 11) is 0. The molecule has 0 aromatic heterocycles. The van der Waals surface area contributed by atoms with Crippen LogP contribution in [0, 0.1) is 0 Å². The lowest BCUT2D eigenvalue weighted by Crippen LogP contribution is -2.65. The van der Waals surface area contributed by atoms with Gasteiger partial charge in [0.15, 0.2) is 12.1 Å². The molecule has 0 radical (unpaired) electrons. The maximum Gasteiger partial charge on any atom is 0.217 e. The largest absolute Gasteiger partial charge is 0.393 e. The van der Waals surface area contributed by atoms with Crippen molar-refractivity contribution < 1.29 is 28.8 Å². The van der Waals surface area contributed by atoms with E-state index in [4.69, 9.17) is 18.9 Å². The molecule has 0 unspecified atom stereocenters. The predicted octanol–water partition coefficient (Wildman–Crippen LogP) is -0.871. The molecule has 1 amide bonds. The van der Waals surface area contributed by atoms with Crippen LogP contribution in [0.3, 0.4) is 0 Å². The first-order valence-electron chi connectivity index (χ1n) is 6.40. The zero-order valence-corrected chi connectivity index (χ0v) is 11.2. The second-order valence-corrected chi connectivity index (χ2v) is 5.77. The van der Waals surface area contributed by atoms with Crippen molar-refractivity contribution in [1.29, 1.82) is 0 Å². The Labute approximate surface area is 111 Å². The summed E-state index contributed by atoms with van der Waals surface area (Å²) in [6, 6.07) is -0.438. The standard InChI is InChI=1S/C12H19NO6/c1-6(15)13-7-8-9(18-11(2,3)17-8)12(4-14)5-16-10(7)19-12/h7-10,14H,4-5H2,1-3H3,(H,13,15)/t7-,8-,9-,10+,12-/m1/s1. The Morgan fingerprint density at radius 3 is 2.74 bits per heavy atom. The Bertz CT molecular complexity index is 400. The maximum atomic E-state index is 11.3. The molecule has 0 aromatic carbocycles. The van der Waals surface area contributed by atoms with Gasteiger partial charge in [-0.2, -0.15) is 0 Å². The quantitative estimate of drug-likeness (QED) is 0.680. The molecule has 0 aliphatic carbocycles. The highest BCUT2D eigenvalue weighted by atomic mass is 16.8. The summed E-state index contributed by atoms with van der Waals surface area (Å²) >= 11 is 0. The average molecular weight is 273 g/mol. The topological polar surface area (TPSA) is 86.3 Å². The van der Waals surface area contributed by atoms with E-state index < -0.39 is 35.9 Å². The molecule has 3 aliphatic heterocycles. The lowest BCUT2D eigenvalue weighted by Gasteiger charge is -2.41. The van der Waals surface area contributed by atoms with Gasteiger partial charge < -0.3 is 29.4 Å². The van der Waals surface area contributed by atoms with E-state index in [0.29, 0.717) is 0 Å². The predicted molar refractivity (Wildman–Crippen MR) is 62.1 cm³/mol. The first-order valence-corrected chi connectivity index (χ1v) is 6.40. The molecule has 3 heterocycles. The van der Waals surface area contributed by atoms with E-state index in [-0.39, 0.29) is 19.1 Å². The van der Waals surface area contributed by atoms with Gasteiger partial charge in [-0.15, -0.1) is 0 Å². The van der Waals surface area contributed by atoms with E-state index in [9.17, 15) is 9.90 Å². The van der Waals surface area contributed by atoms with Gasteiger partial charge >= 0.3 is 0 Å². The van der Waals surface area contributed by atoms with Crippen molar-refractivity contribution in [2.75, 3.05) is 13.2 Å². The van der Waals surface area contributed by atoms with Crippen LogP contribution in [-0.4, -0.2) is 60.2 Å². The molecule has 3 fully saturated rings. The van der Waals surface area contributed by atoms with Crippen LogP contribution in [0.2, 0.25) is 0 Å². The first kappa shape index (κ1) is 13.3. The van der Waals surface area contributed by atoms with Gasteiger partial charge in [-0.1, -0.05) is 0 Å². The van der Waals surface area contributed by atoms with Gasteiger partial charge in [-0.05, 0) is 13.8 Å². The number of hydrogen-bond acceptors (Lipinski definition) is 6. The number of hydrogen-bond donors (Lipinski definition) is 2. The molecule has 0 spiro atoms. The number of aliphatic hydroxyl groups excluding tert-OH is 1. The summed E-state index contributed by atoms with van der Waals surface area (Å²) in [5.41, 5.74) is -0.905. The van der Waals surface area contributed by atoms with Gasteiger partial charge in [0, 0.05) is 6.92 Å². The monoisotopic (exact) mass is 273 g/mol. The second-order valence-electron chi connectivity index (χ2n) is 5.77. The van der Waals surface area contributed by atoms with Crippen LogP contribution < -0.4 is 5.32 Å². The summed E-state index contributed by atoms with van der Waals surface area (Å²) < 4.78 is 23.0. The summed E-state index contributed by atoms with van der Waals surface area (Å²) in [5.74, 6) is -0.963. The van der Waals surface area contributed by atoms with Crippen LogP contribution >= 0.6 is 0 Å². The highest BCUT2D eigenvalue weighted by Gasteiger charge is 2.65. The van der Waals surface area contributed by atoms with Crippen LogP contribution in [-0.2, 0) is 23.7 Å². The number of carbonyl (C=O) groups is 1. The van der Waals surface area contributed by atoms with Crippen LogP contribution in [0.25, 0.3) is 0 Å². The average Bonchev–Trinajstić information content (AvgIpc) is 2.85. The van der Waals surface area contributed by atoms with E-state index in [1.807, 2.05) is 0 Å². The van der Waals surface area contributed by atoms with Crippen LogP contribution in [0.4, 0.5) is 0 Å². The third kappa shape index (κ3) is 1.96. The molecule has 3 rings (SSSR count). The van der Waals surface area contributed by atoms with Gasteiger partial charge in [0.25, 0.3) is 0 Å². The Hall–Kier alpha value is -0.730.